The first-order valence-corrected chi connectivity index (χ1v) is 6.04. The van der Waals surface area contributed by atoms with Crippen molar-refractivity contribution in [3.05, 3.63) is 69.5 Å². The van der Waals surface area contributed by atoms with Crippen molar-refractivity contribution < 1.29 is 9.18 Å². The normalized spacial score (nSPS) is 10.4. The van der Waals surface area contributed by atoms with E-state index in [1.807, 2.05) is 0 Å². The summed E-state index contributed by atoms with van der Waals surface area (Å²) in [6, 6.07) is 10.5. The average Bonchev–Trinajstić information content (AvgIpc) is 2.31. The molecule has 18 heavy (non-hydrogen) atoms. The van der Waals surface area contributed by atoms with E-state index in [1.165, 1.54) is 12.1 Å². The van der Waals surface area contributed by atoms with E-state index in [0.717, 1.165) is 5.56 Å². The van der Waals surface area contributed by atoms with E-state index in [9.17, 15) is 9.18 Å². The maximum absolute atomic E-state index is 12.7. The van der Waals surface area contributed by atoms with Crippen LogP contribution in [0.25, 0.3) is 0 Å². The lowest BCUT2D eigenvalue weighted by atomic mass is 10.0. The van der Waals surface area contributed by atoms with Crippen molar-refractivity contribution in [2.45, 2.75) is 6.42 Å². The van der Waals surface area contributed by atoms with Crippen molar-refractivity contribution in [3.8, 4) is 0 Å². The fourth-order valence-corrected chi connectivity index (χ4v) is 2.13. The first-order chi connectivity index (χ1) is 8.54. The number of hydrogen-bond acceptors (Lipinski definition) is 1. The number of rotatable bonds is 3. The van der Waals surface area contributed by atoms with E-state index >= 15 is 0 Å². The molecule has 2 rings (SSSR count). The Balaban J connectivity index is 2.19. The summed E-state index contributed by atoms with van der Waals surface area (Å²) in [6.07, 6.45) is 0.191. The lowest BCUT2D eigenvalue weighted by Gasteiger charge is -2.03. The largest absolute Gasteiger partial charge is 0.294 e. The molecule has 4 heteroatoms. The van der Waals surface area contributed by atoms with Gasteiger partial charge in [0.25, 0.3) is 0 Å². The molecule has 0 saturated heterocycles. The molecule has 0 N–H and O–H groups in total. The molecule has 0 saturated carbocycles. The Bertz CT molecular complexity index is 559. The number of ketones is 1. The number of carbonyl (C=O) groups is 1. The molecule has 0 aliphatic heterocycles. The van der Waals surface area contributed by atoms with Crippen molar-refractivity contribution in [3.63, 3.8) is 0 Å². The van der Waals surface area contributed by atoms with Crippen LogP contribution in [-0.2, 0) is 6.42 Å². The van der Waals surface area contributed by atoms with Crippen molar-refractivity contribution >= 4 is 29.0 Å². The summed E-state index contributed by atoms with van der Waals surface area (Å²) in [4.78, 5) is 12.0. The fourth-order valence-electron chi connectivity index (χ4n) is 1.60. The Morgan fingerprint density at radius 2 is 1.56 bits per heavy atom. The fraction of sp³-hybridized carbons (Fsp3) is 0.0714. The van der Waals surface area contributed by atoms with Crippen molar-refractivity contribution in [2.75, 3.05) is 0 Å². The monoisotopic (exact) mass is 282 g/mol. The summed E-state index contributed by atoms with van der Waals surface area (Å²) in [5.41, 5.74) is 1.20. The molecule has 0 bridgehead atoms. The van der Waals surface area contributed by atoms with E-state index in [4.69, 9.17) is 23.2 Å². The highest BCUT2D eigenvalue weighted by atomic mass is 35.5. The number of Topliss-reactive ketones (excluding diaryl/α,β-unsaturated/α-hetero) is 1. The van der Waals surface area contributed by atoms with Crippen LogP contribution in [0.2, 0.25) is 10.0 Å². The maximum atomic E-state index is 12.7. The van der Waals surface area contributed by atoms with Crippen LogP contribution in [0.15, 0.2) is 42.5 Å². The van der Waals surface area contributed by atoms with Crippen molar-refractivity contribution in [1.29, 1.82) is 0 Å². The van der Waals surface area contributed by atoms with Gasteiger partial charge in [0.05, 0.1) is 0 Å². The van der Waals surface area contributed by atoms with E-state index in [0.29, 0.717) is 15.6 Å². The molecule has 0 aromatic heterocycles. The van der Waals surface area contributed by atoms with Crippen LogP contribution in [0.4, 0.5) is 4.39 Å². The first kappa shape index (κ1) is 13.1. The molecule has 92 valence electrons. The summed E-state index contributed by atoms with van der Waals surface area (Å²) in [5.74, 6) is -0.428. The van der Waals surface area contributed by atoms with Crippen LogP contribution in [-0.4, -0.2) is 5.78 Å². The molecule has 0 spiro atoms. The third-order valence-electron chi connectivity index (χ3n) is 2.46. The van der Waals surface area contributed by atoms with E-state index < -0.39 is 0 Å². The molecule has 0 atom stereocenters. The zero-order valence-electron chi connectivity index (χ0n) is 9.29. The Kier molecular flexibility index (Phi) is 4.00. The highest BCUT2D eigenvalue weighted by Gasteiger charge is 2.09. The zero-order valence-corrected chi connectivity index (χ0v) is 10.8. The molecule has 0 aliphatic carbocycles. The highest BCUT2D eigenvalue weighted by Crippen LogP contribution is 2.20. The van der Waals surface area contributed by atoms with Gasteiger partial charge in [0.1, 0.15) is 5.82 Å². The minimum Gasteiger partial charge on any atom is -0.294 e. The van der Waals surface area contributed by atoms with Crippen LogP contribution in [0.1, 0.15) is 15.9 Å². The highest BCUT2D eigenvalue weighted by molar-refractivity contribution is 6.35. The number of carbonyl (C=O) groups excluding carboxylic acids is 1. The Labute approximate surface area is 114 Å². The van der Waals surface area contributed by atoms with Crippen molar-refractivity contribution in [2.24, 2.45) is 0 Å². The third-order valence-corrected chi connectivity index (χ3v) is 2.90. The maximum Gasteiger partial charge on any atom is 0.167 e. The van der Waals surface area contributed by atoms with Crippen LogP contribution in [0, 0.1) is 5.82 Å². The molecular formula is C14H9Cl2FO. The summed E-state index contributed by atoms with van der Waals surface area (Å²) < 4.78 is 12.7. The van der Waals surface area contributed by atoms with Gasteiger partial charge in [-0.2, -0.15) is 0 Å². The van der Waals surface area contributed by atoms with Crippen LogP contribution < -0.4 is 0 Å². The first-order valence-electron chi connectivity index (χ1n) is 5.28. The predicted octanol–water partition coefficient (Wildman–Crippen LogP) is 4.56. The summed E-state index contributed by atoms with van der Waals surface area (Å²) in [7, 11) is 0. The molecule has 0 heterocycles. The second kappa shape index (κ2) is 5.51. The number of hydrogen-bond donors (Lipinski definition) is 0. The van der Waals surface area contributed by atoms with Gasteiger partial charge in [-0.3, -0.25) is 4.79 Å². The topological polar surface area (TPSA) is 17.1 Å². The molecule has 0 aliphatic rings. The molecule has 1 nitrogen and oxygen atoms in total. The smallest absolute Gasteiger partial charge is 0.167 e. The van der Waals surface area contributed by atoms with E-state index in [-0.39, 0.29) is 18.0 Å². The van der Waals surface area contributed by atoms with Gasteiger partial charge in [-0.15, -0.1) is 0 Å². The van der Waals surface area contributed by atoms with Crippen LogP contribution in [0.3, 0.4) is 0 Å². The van der Waals surface area contributed by atoms with Crippen LogP contribution in [0.5, 0.6) is 0 Å². The van der Waals surface area contributed by atoms with Gasteiger partial charge in [0.2, 0.25) is 0 Å². The Hall–Kier alpha value is -1.38. The quantitative estimate of drug-likeness (QED) is 0.755. The van der Waals surface area contributed by atoms with E-state index in [2.05, 4.69) is 0 Å². The Morgan fingerprint density at radius 3 is 2.11 bits per heavy atom. The summed E-state index contributed by atoms with van der Waals surface area (Å²) in [5, 5.41) is 0.843. The van der Waals surface area contributed by atoms with E-state index in [1.54, 1.807) is 30.3 Å². The molecule has 0 fully saturated rings. The standard InChI is InChI=1S/C14H9Cl2FO/c15-11-6-10(7-12(16)8-11)14(18)5-9-1-3-13(17)4-2-9/h1-4,6-8H,5H2. The summed E-state index contributed by atoms with van der Waals surface area (Å²) >= 11 is 11.7. The van der Waals surface area contributed by atoms with Gasteiger partial charge >= 0.3 is 0 Å². The lowest BCUT2D eigenvalue weighted by molar-refractivity contribution is 0.0993. The molecule has 0 radical (unpaired) electrons. The minimum absolute atomic E-state index is 0.106. The third kappa shape index (κ3) is 3.31. The van der Waals surface area contributed by atoms with Crippen molar-refractivity contribution in [1.82, 2.24) is 0 Å². The second-order valence-electron chi connectivity index (χ2n) is 3.88. The lowest BCUT2D eigenvalue weighted by Crippen LogP contribution is -2.03. The summed E-state index contributed by atoms with van der Waals surface area (Å²) in [6.45, 7) is 0. The molecule has 2 aromatic rings. The molecule has 0 unspecified atom stereocenters. The van der Waals surface area contributed by atoms with Gasteiger partial charge in [-0.25, -0.2) is 4.39 Å². The molecule has 2 aromatic carbocycles. The minimum atomic E-state index is -0.322. The second-order valence-corrected chi connectivity index (χ2v) is 4.76. The SMILES string of the molecule is O=C(Cc1ccc(F)cc1)c1cc(Cl)cc(Cl)c1. The predicted molar refractivity (Wildman–Crippen MR) is 70.9 cm³/mol. The van der Waals surface area contributed by atoms with Gasteiger partial charge in [0, 0.05) is 22.0 Å². The molecular weight excluding hydrogens is 274 g/mol. The number of halogens is 3. The van der Waals surface area contributed by atoms with Gasteiger partial charge < -0.3 is 0 Å². The Morgan fingerprint density at radius 1 is 1.00 bits per heavy atom. The van der Waals surface area contributed by atoms with Gasteiger partial charge in [-0.05, 0) is 35.9 Å². The zero-order chi connectivity index (χ0) is 13.1. The van der Waals surface area contributed by atoms with Gasteiger partial charge in [0.15, 0.2) is 5.78 Å². The molecule has 0 amide bonds. The van der Waals surface area contributed by atoms with Crippen LogP contribution >= 0.6 is 23.2 Å². The number of benzene rings is 2. The van der Waals surface area contributed by atoms with Gasteiger partial charge in [-0.1, -0.05) is 35.3 Å². The average molecular weight is 283 g/mol.